The number of hydrogen-bond donors (Lipinski definition) is 1. The Hall–Kier alpha value is -1.67. The van der Waals surface area contributed by atoms with Gasteiger partial charge in [-0.1, -0.05) is 77.0 Å². The van der Waals surface area contributed by atoms with Gasteiger partial charge in [0.15, 0.2) is 5.78 Å². The van der Waals surface area contributed by atoms with E-state index in [2.05, 4.69) is 50.4 Å². The summed E-state index contributed by atoms with van der Waals surface area (Å²) in [6, 6.07) is 8.68. The Bertz CT molecular complexity index is 521. The molecule has 134 valence electrons. The zero-order valence-electron chi connectivity index (χ0n) is 16.5. The average Bonchev–Trinajstić information content (AvgIpc) is 2.60. The predicted molar refractivity (Wildman–Crippen MR) is 107 cm³/mol. The lowest BCUT2D eigenvalue weighted by atomic mass is 9.98. The van der Waals surface area contributed by atoms with E-state index in [1.54, 1.807) is 6.08 Å². The van der Waals surface area contributed by atoms with E-state index < -0.39 is 0 Å². The second-order valence-electron chi connectivity index (χ2n) is 6.29. The molecule has 1 N–H and O–H groups in total. The van der Waals surface area contributed by atoms with Gasteiger partial charge in [0.25, 0.3) is 0 Å². The highest BCUT2D eigenvalue weighted by Gasteiger charge is 2.07. The van der Waals surface area contributed by atoms with Crippen molar-refractivity contribution in [1.82, 2.24) is 5.32 Å². The van der Waals surface area contributed by atoms with E-state index in [-0.39, 0.29) is 11.7 Å². The van der Waals surface area contributed by atoms with Crippen molar-refractivity contribution in [2.24, 2.45) is 5.92 Å². The average molecular weight is 330 g/mol. The number of benzene rings is 1. The zero-order valence-corrected chi connectivity index (χ0v) is 16.5. The highest BCUT2D eigenvalue weighted by molar-refractivity contribution is 5.99. The molecule has 0 aliphatic carbocycles. The molecule has 0 radical (unpaired) electrons. The molecule has 24 heavy (non-hydrogen) atoms. The van der Waals surface area contributed by atoms with Crippen molar-refractivity contribution in [3.8, 4) is 0 Å². The first-order valence-electron chi connectivity index (χ1n) is 9.06. The van der Waals surface area contributed by atoms with Gasteiger partial charge in [-0.15, -0.1) is 0 Å². The van der Waals surface area contributed by atoms with Crippen molar-refractivity contribution in [2.45, 2.75) is 60.4 Å². The maximum atomic E-state index is 11.9. The van der Waals surface area contributed by atoms with Crippen molar-refractivity contribution in [2.75, 3.05) is 7.05 Å². The minimum atomic E-state index is 0.0267. The van der Waals surface area contributed by atoms with Crippen molar-refractivity contribution < 1.29 is 4.79 Å². The second-order valence-corrected chi connectivity index (χ2v) is 6.29. The van der Waals surface area contributed by atoms with E-state index >= 15 is 0 Å². The maximum Gasteiger partial charge on any atom is 0.158 e. The number of ketones is 1. The molecular weight excluding hydrogens is 294 g/mol. The summed E-state index contributed by atoms with van der Waals surface area (Å²) in [6.07, 6.45) is 8.32. The molecule has 0 saturated carbocycles. The van der Waals surface area contributed by atoms with Crippen LogP contribution in [0.4, 0.5) is 0 Å². The lowest BCUT2D eigenvalue weighted by Crippen LogP contribution is -2.12. The molecule has 1 unspecified atom stereocenters. The monoisotopic (exact) mass is 329 g/mol. The van der Waals surface area contributed by atoms with E-state index in [0.717, 1.165) is 11.1 Å². The van der Waals surface area contributed by atoms with Gasteiger partial charge < -0.3 is 5.32 Å². The summed E-state index contributed by atoms with van der Waals surface area (Å²) in [5, 5.41) is 3.22. The van der Waals surface area contributed by atoms with Gasteiger partial charge in [0.1, 0.15) is 0 Å². The molecule has 0 bridgehead atoms. The number of unbranched alkanes of at least 4 members (excludes halogenated alkanes) is 1. The van der Waals surface area contributed by atoms with Crippen molar-refractivity contribution in [1.29, 1.82) is 0 Å². The van der Waals surface area contributed by atoms with Crippen LogP contribution in [0.15, 0.2) is 42.5 Å². The second kappa shape index (κ2) is 12.7. The zero-order chi connectivity index (χ0) is 18.5. The number of nitrogens with one attached hydrogen (secondary N) is 1. The molecular formula is C22H35NO. The number of rotatable bonds is 7. The van der Waals surface area contributed by atoms with Crippen molar-refractivity contribution in [3.63, 3.8) is 0 Å². The summed E-state index contributed by atoms with van der Waals surface area (Å²) < 4.78 is 0. The Balaban J connectivity index is 0.00000118. The summed E-state index contributed by atoms with van der Waals surface area (Å²) in [4.78, 5) is 11.9. The van der Waals surface area contributed by atoms with Crippen LogP contribution in [0, 0.1) is 5.92 Å². The van der Waals surface area contributed by atoms with Crippen LogP contribution < -0.4 is 5.32 Å². The molecule has 0 aliphatic heterocycles. The van der Waals surface area contributed by atoms with Crippen LogP contribution in [0.2, 0.25) is 0 Å². The van der Waals surface area contributed by atoms with Gasteiger partial charge >= 0.3 is 0 Å². The molecule has 0 spiro atoms. The summed E-state index contributed by atoms with van der Waals surface area (Å²) in [5.74, 6) is 0.185. The molecule has 1 aromatic rings. The van der Waals surface area contributed by atoms with E-state index in [1.165, 1.54) is 18.4 Å². The van der Waals surface area contributed by atoms with Crippen LogP contribution in [0.25, 0.3) is 5.57 Å². The minimum absolute atomic E-state index is 0.0267. The molecule has 1 atom stereocenters. The SMILES string of the molecule is C/C=C\C(=C/C(=O)C(C)C)c1ccc(C(C)NC)cc1.CCCC. The Morgan fingerprint density at radius 3 is 2.00 bits per heavy atom. The molecule has 1 aromatic carbocycles. The van der Waals surface area contributed by atoms with E-state index in [9.17, 15) is 4.79 Å². The number of hydrogen-bond acceptors (Lipinski definition) is 2. The Labute approximate surface area is 149 Å². The van der Waals surface area contributed by atoms with Crippen LogP contribution in [0.1, 0.15) is 71.6 Å². The van der Waals surface area contributed by atoms with Gasteiger partial charge in [-0.25, -0.2) is 0 Å². The van der Waals surface area contributed by atoms with Crippen LogP contribution in [-0.2, 0) is 4.79 Å². The topological polar surface area (TPSA) is 29.1 Å². The first kappa shape index (κ1) is 22.3. The molecule has 2 heteroatoms. The van der Waals surface area contributed by atoms with Crippen LogP contribution in [-0.4, -0.2) is 12.8 Å². The van der Waals surface area contributed by atoms with Crippen LogP contribution in [0.3, 0.4) is 0 Å². The highest BCUT2D eigenvalue weighted by Crippen LogP contribution is 2.20. The summed E-state index contributed by atoms with van der Waals surface area (Å²) in [5.41, 5.74) is 3.28. The van der Waals surface area contributed by atoms with Gasteiger partial charge in [-0.2, -0.15) is 0 Å². The number of allylic oxidation sites excluding steroid dienone is 4. The lowest BCUT2D eigenvalue weighted by molar-refractivity contribution is -0.117. The first-order chi connectivity index (χ1) is 11.4. The van der Waals surface area contributed by atoms with Crippen molar-refractivity contribution in [3.05, 3.63) is 53.6 Å². The molecule has 0 aromatic heterocycles. The molecule has 0 aliphatic rings. The highest BCUT2D eigenvalue weighted by atomic mass is 16.1. The lowest BCUT2D eigenvalue weighted by Gasteiger charge is -2.11. The molecule has 0 amide bonds. The third-order valence-corrected chi connectivity index (χ3v) is 3.89. The Morgan fingerprint density at radius 1 is 1.08 bits per heavy atom. The maximum absolute atomic E-state index is 11.9. The third-order valence-electron chi connectivity index (χ3n) is 3.89. The smallest absolute Gasteiger partial charge is 0.158 e. The van der Waals surface area contributed by atoms with Crippen LogP contribution in [0.5, 0.6) is 0 Å². The fourth-order valence-electron chi connectivity index (χ4n) is 1.86. The molecule has 2 nitrogen and oxygen atoms in total. The van der Waals surface area contributed by atoms with E-state index in [4.69, 9.17) is 0 Å². The standard InChI is InChI=1S/C18H25NO.C4H10/c1-6-7-17(12-18(20)13(2)3)16-10-8-15(9-11-16)14(4)19-5;1-3-4-2/h6-14,19H,1-5H3;3-4H2,1-2H3/b7-6-,17-12+;. The number of carbonyl (C=O) groups excluding carboxylic acids is 1. The van der Waals surface area contributed by atoms with Gasteiger partial charge in [0.05, 0.1) is 0 Å². The largest absolute Gasteiger partial charge is 0.313 e. The molecule has 1 rings (SSSR count). The van der Waals surface area contributed by atoms with E-state index in [1.807, 2.05) is 40.0 Å². The quantitative estimate of drug-likeness (QED) is 0.494. The van der Waals surface area contributed by atoms with E-state index in [0.29, 0.717) is 6.04 Å². The summed E-state index contributed by atoms with van der Waals surface area (Å²) in [7, 11) is 1.95. The normalized spacial score (nSPS) is 12.9. The van der Waals surface area contributed by atoms with Gasteiger partial charge in [0.2, 0.25) is 0 Å². The molecule has 0 heterocycles. The first-order valence-corrected chi connectivity index (χ1v) is 9.06. The summed E-state index contributed by atoms with van der Waals surface area (Å²) in [6.45, 7) is 12.3. The fourth-order valence-corrected chi connectivity index (χ4v) is 1.86. The van der Waals surface area contributed by atoms with Gasteiger partial charge in [-0.05, 0) is 43.7 Å². The number of carbonyl (C=O) groups is 1. The summed E-state index contributed by atoms with van der Waals surface area (Å²) >= 11 is 0. The Kier molecular flexibility index (Phi) is 11.8. The fraction of sp³-hybridized carbons (Fsp3) is 0.500. The van der Waals surface area contributed by atoms with Gasteiger partial charge in [0, 0.05) is 12.0 Å². The minimum Gasteiger partial charge on any atom is -0.313 e. The molecule has 0 saturated heterocycles. The predicted octanol–water partition coefficient (Wildman–Crippen LogP) is 5.96. The van der Waals surface area contributed by atoms with Crippen LogP contribution >= 0.6 is 0 Å². The van der Waals surface area contributed by atoms with Crippen molar-refractivity contribution >= 4 is 11.4 Å². The Morgan fingerprint density at radius 2 is 1.62 bits per heavy atom. The third kappa shape index (κ3) is 8.26. The van der Waals surface area contributed by atoms with Gasteiger partial charge in [-0.3, -0.25) is 4.79 Å². The molecule has 0 fully saturated rings.